The second kappa shape index (κ2) is 5.55. The van der Waals surface area contributed by atoms with Crippen molar-refractivity contribution in [1.29, 1.82) is 0 Å². The molecule has 124 valence electrons. The van der Waals surface area contributed by atoms with Crippen LogP contribution in [-0.2, 0) is 27.7 Å². The molecule has 1 aliphatic heterocycles. The minimum Gasteiger partial charge on any atom is -0.593 e. The molecule has 1 atom stereocenters. The van der Waals surface area contributed by atoms with Crippen molar-refractivity contribution in [1.82, 2.24) is 24.6 Å². The fraction of sp³-hybridized carbons (Fsp3) is 0.462. The molecule has 0 saturated carbocycles. The SMILES string of the molecule is CNC(=O)c1cnn2c1CN([S+](=O)([O-])c1c(C)noc1C)CC2. The van der Waals surface area contributed by atoms with Gasteiger partial charge in [-0.15, -0.1) is 4.31 Å². The summed E-state index contributed by atoms with van der Waals surface area (Å²) in [5.41, 5.74) is 1.28. The molecule has 0 saturated heterocycles. The molecule has 3 heterocycles. The molecule has 2 aromatic rings. The smallest absolute Gasteiger partial charge is 0.254 e. The van der Waals surface area contributed by atoms with Crippen LogP contribution in [0.4, 0.5) is 0 Å². The Bertz CT molecular complexity index is 792. The fourth-order valence-corrected chi connectivity index (χ4v) is 4.41. The van der Waals surface area contributed by atoms with Gasteiger partial charge in [0.15, 0.2) is 16.2 Å². The van der Waals surface area contributed by atoms with Gasteiger partial charge >= 0.3 is 0 Å². The number of sulfonamides is 1. The Labute approximate surface area is 134 Å². The fourth-order valence-electron chi connectivity index (χ4n) is 2.72. The van der Waals surface area contributed by atoms with E-state index in [1.807, 2.05) is 0 Å². The summed E-state index contributed by atoms with van der Waals surface area (Å²) in [6, 6.07) is 0. The van der Waals surface area contributed by atoms with Crippen LogP contribution >= 0.6 is 0 Å². The highest BCUT2D eigenvalue weighted by atomic mass is 32.3. The van der Waals surface area contributed by atoms with Crippen LogP contribution in [0.3, 0.4) is 0 Å². The van der Waals surface area contributed by atoms with Gasteiger partial charge in [0.2, 0.25) is 4.90 Å². The van der Waals surface area contributed by atoms with Gasteiger partial charge in [0.25, 0.3) is 5.91 Å². The number of hydrogen-bond acceptors (Lipinski definition) is 6. The van der Waals surface area contributed by atoms with Crippen LogP contribution in [0.5, 0.6) is 0 Å². The van der Waals surface area contributed by atoms with Crippen LogP contribution in [0, 0.1) is 13.8 Å². The van der Waals surface area contributed by atoms with E-state index in [1.165, 1.54) is 17.5 Å². The summed E-state index contributed by atoms with van der Waals surface area (Å²) in [7, 11) is -2.22. The maximum absolute atomic E-state index is 12.9. The van der Waals surface area contributed by atoms with E-state index in [2.05, 4.69) is 15.6 Å². The highest BCUT2D eigenvalue weighted by Crippen LogP contribution is 2.31. The summed E-state index contributed by atoms with van der Waals surface area (Å²) in [6.07, 6.45) is 1.46. The van der Waals surface area contributed by atoms with Crippen molar-refractivity contribution in [3.8, 4) is 0 Å². The summed E-state index contributed by atoms with van der Waals surface area (Å²) in [5.74, 6) is -0.0315. The average Bonchev–Trinajstić information content (AvgIpc) is 3.09. The number of nitrogens with zero attached hydrogens (tertiary/aromatic N) is 4. The molecule has 1 N–H and O–H groups in total. The van der Waals surface area contributed by atoms with E-state index < -0.39 is 10.4 Å². The van der Waals surface area contributed by atoms with Gasteiger partial charge in [-0.25, -0.2) is 0 Å². The summed E-state index contributed by atoms with van der Waals surface area (Å²) in [4.78, 5) is 12.0. The van der Waals surface area contributed by atoms with Crippen LogP contribution < -0.4 is 5.32 Å². The second-order valence-corrected chi connectivity index (χ2v) is 7.17. The average molecular weight is 339 g/mol. The summed E-state index contributed by atoms with van der Waals surface area (Å²) < 4.78 is 33.7. The molecule has 0 spiro atoms. The molecule has 0 bridgehead atoms. The van der Waals surface area contributed by atoms with Crippen LogP contribution in [-0.4, -0.2) is 43.3 Å². The minimum atomic E-state index is -3.75. The first-order valence-corrected chi connectivity index (χ1v) is 8.50. The standard InChI is InChI=1S/C13H17N5O4S/c1-8-12(9(2)22-16-8)23(20,21)17-4-5-18-11(7-17)10(6-15-18)13(19)14-3/h6H,4-5,7H2,1-3H3,(H-,14,19,20,21). The van der Waals surface area contributed by atoms with E-state index in [9.17, 15) is 13.6 Å². The number of aromatic nitrogens is 3. The van der Waals surface area contributed by atoms with Gasteiger partial charge in [-0.3, -0.25) is 9.48 Å². The predicted molar refractivity (Wildman–Crippen MR) is 79.1 cm³/mol. The number of rotatable bonds is 3. The van der Waals surface area contributed by atoms with Crippen molar-refractivity contribution in [2.24, 2.45) is 0 Å². The van der Waals surface area contributed by atoms with Crippen molar-refractivity contribution < 1.29 is 18.1 Å². The lowest BCUT2D eigenvalue weighted by atomic mass is 10.2. The summed E-state index contributed by atoms with van der Waals surface area (Å²) in [5, 5.41) is 10.4. The lowest BCUT2D eigenvalue weighted by molar-refractivity contribution is 0.0960. The van der Waals surface area contributed by atoms with Crippen LogP contribution in [0.1, 0.15) is 27.5 Å². The zero-order valence-corrected chi connectivity index (χ0v) is 13.8. The zero-order chi connectivity index (χ0) is 16.8. The first kappa shape index (κ1) is 15.8. The third-order valence-corrected chi connectivity index (χ3v) is 5.96. The molecule has 0 aliphatic carbocycles. The maximum Gasteiger partial charge on any atom is 0.254 e. The van der Waals surface area contributed by atoms with Crippen molar-refractivity contribution in [3.63, 3.8) is 0 Å². The largest absolute Gasteiger partial charge is 0.593 e. The second-order valence-electron chi connectivity index (χ2n) is 5.30. The molecule has 1 amide bonds. The first-order valence-electron chi connectivity index (χ1n) is 7.06. The number of fused-ring (bicyclic) bond motifs is 1. The number of carbonyl (C=O) groups excluding carboxylic acids is 1. The molecule has 2 aromatic heterocycles. The number of carbonyl (C=O) groups is 1. The molecular weight excluding hydrogens is 322 g/mol. The van der Waals surface area contributed by atoms with Gasteiger partial charge < -0.3 is 14.4 Å². The Hall–Kier alpha value is -2.04. The first-order chi connectivity index (χ1) is 10.9. The molecule has 10 heteroatoms. The lowest BCUT2D eigenvalue weighted by Crippen LogP contribution is -2.43. The third kappa shape index (κ3) is 2.48. The van der Waals surface area contributed by atoms with Gasteiger partial charge in [0.1, 0.15) is 5.69 Å². The van der Waals surface area contributed by atoms with E-state index in [1.54, 1.807) is 18.5 Å². The van der Waals surface area contributed by atoms with E-state index in [0.29, 0.717) is 23.5 Å². The molecule has 3 rings (SSSR count). The Morgan fingerprint density at radius 3 is 2.78 bits per heavy atom. The van der Waals surface area contributed by atoms with Gasteiger partial charge in [-0.05, 0) is 6.92 Å². The molecular formula is C13H17N5O4S. The Morgan fingerprint density at radius 1 is 1.43 bits per heavy atom. The van der Waals surface area contributed by atoms with E-state index in [4.69, 9.17) is 4.52 Å². The minimum absolute atomic E-state index is 0.0785. The Kier molecular flexibility index (Phi) is 3.82. The Balaban J connectivity index is 1.97. The number of aryl methyl sites for hydroxylation is 2. The monoisotopic (exact) mass is 339 g/mol. The molecule has 0 aromatic carbocycles. The van der Waals surface area contributed by atoms with Crippen molar-refractivity contribution in [3.05, 3.63) is 28.9 Å². The molecule has 23 heavy (non-hydrogen) atoms. The molecule has 0 radical (unpaired) electrons. The van der Waals surface area contributed by atoms with Crippen molar-refractivity contribution in [2.75, 3.05) is 13.6 Å². The number of amides is 1. The van der Waals surface area contributed by atoms with E-state index in [-0.39, 0.29) is 29.7 Å². The van der Waals surface area contributed by atoms with Crippen LogP contribution in [0.15, 0.2) is 15.6 Å². The normalized spacial score (nSPS) is 17.6. The van der Waals surface area contributed by atoms with Crippen LogP contribution in [0.25, 0.3) is 0 Å². The third-order valence-electron chi connectivity index (χ3n) is 3.87. The number of hydrogen-bond donors (Lipinski definition) is 1. The summed E-state index contributed by atoms with van der Waals surface area (Å²) in [6.45, 7) is 3.89. The van der Waals surface area contributed by atoms with Crippen molar-refractivity contribution in [2.45, 2.75) is 31.8 Å². The van der Waals surface area contributed by atoms with Gasteiger partial charge in [0, 0.05) is 14.0 Å². The van der Waals surface area contributed by atoms with Crippen LogP contribution in [0.2, 0.25) is 0 Å². The highest BCUT2D eigenvalue weighted by Gasteiger charge is 2.39. The quantitative estimate of drug-likeness (QED) is 0.802. The van der Waals surface area contributed by atoms with Gasteiger partial charge in [-0.1, -0.05) is 9.37 Å². The molecule has 9 nitrogen and oxygen atoms in total. The van der Waals surface area contributed by atoms with Crippen molar-refractivity contribution >= 4 is 16.3 Å². The topological polar surface area (TPSA) is 116 Å². The molecule has 1 unspecified atom stereocenters. The molecule has 1 aliphatic rings. The maximum atomic E-state index is 12.9. The lowest BCUT2D eigenvalue weighted by Gasteiger charge is -2.30. The zero-order valence-electron chi connectivity index (χ0n) is 13.0. The van der Waals surface area contributed by atoms with E-state index >= 15 is 0 Å². The Morgan fingerprint density at radius 2 is 2.17 bits per heavy atom. The summed E-state index contributed by atoms with van der Waals surface area (Å²) >= 11 is 0. The van der Waals surface area contributed by atoms with Gasteiger partial charge in [0.05, 0.1) is 37.1 Å². The van der Waals surface area contributed by atoms with E-state index in [0.717, 1.165) is 0 Å². The van der Waals surface area contributed by atoms with Gasteiger partial charge in [-0.2, -0.15) is 5.10 Å². The highest BCUT2D eigenvalue weighted by molar-refractivity contribution is 7.95. The predicted octanol–water partition coefficient (Wildman–Crippen LogP) is 0.267. The molecule has 0 fully saturated rings. The number of nitrogens with one attached hydrogen (secondary N) is 1.